The van der Waals surface area contributed by atoms with Crippen molar-refractivity contribution in [3.8, 4) is 5.75 Å². The Morgan fingerprint density at radius 2 is 2.05 bits per heavy atom. The van der Waals surface area contributed by atoms with Crippen LogP contribution in [0.15, 0.2) is 47.2 Å². The number of rotatable bonds is 6. The number of aromatic nitrogens is 1. The van der Waals surface area contributed by atoms with Gasteiger partial charge in [0.1, 0.15) is 5.75 Å². The third-order valence-electron chi connectivity index (χ3n) is 3.00. The van der Waals surface area contributed by atoms with Gasteiger partial charge in [-0.15, -0.1) is 0 Å². The monoisotopic (exact) mass is 336 g/mol. The molecule has 0 spiro atoms. The van der Waals surface area contributed by atoms with Crippen molar-refractivity contribution in [1.29, 1.82) is 0 Å². The Labute approximate surface area is 126 Å². The van der Waals surface area contributed by atoms with Crippen LogP contribution in [0.4, 0.5) is 0 Å². The van der Waals surface area contributed by atoms with E-state index in [1.807, 2.05) is 30.3 Å². The molecule has 0 aliphatic heterocycles. The fourth-order valence-corrected chi connectivity index (χ4v) is 2.25. The third-order valence-corrected chi connectivity index (χ3v) is 3.77. The molecule has 20 heavy (non-hydrogen) atoms. The molecule has 1 heterocycles. The first-order valence-electron chi connectivity index (χ1n) is 6.32. The molecule has 0 radical (unpaired) electrons. The highest BCUT2D eigenvalue weighted by atomic mass is 79.9. The molecule has 1 aromatic heterocycles. The van der Waals surface area contributed by atoms with Crippen molar-refractivity contribution < 1.29 is 9.84 Å². The van der Waals surface area contributed by atoms with Crippen LogP contribution >= 0.6 is 15.9 Å². The van der Waals surface area contributed by atoms with Crippen molar-refractivity contribution in [2.24, 2.45) is 0 Å². The lowest BCUT2D eigenvalue weighted by molar-refractivity contribution is 0.174. The van der Waals surface area contributed by atoms with Gasteiger partial charge in [0, 0.05) is 30.0 Å². The SMILES string of the molecule is COc1ccc(Br)c(CNCC(O)c2ccncc2)c1. The first kappa shape index (κ1) is 15.0. The van der Waals surface area contributed by atoms with Crippen molar-refractivity contribution >= 4 is 15.9 Å². The summed E-state index contributed by atoms with van der Waals surface area (Å²) in [6.45, 7) is 1.13. The summed E-state index contributed by atoms with van der Waals surface area (Å²) in [6, 6.07) is 9.45. The molecule has 0 saturated heterocycles. The van der Waals surface area contributed by atoms with Crippen molar-refractivity contribution in [2.45, 2.75) is 12.6 Å². The van der Waals surface area contributed by atoms with Crippen molar-refractivity contribution in [1.82, 2.24) is 10.3 Å². The molecule has 5 heteroatoms. The Morgan fingerprint density at radius 1 is 1.30 bits per heavy atom. The van der Waals surface area contributed by atoms with E-state index in [0.29, 0.717) is 13.1 Å². The number of nitrogens with zero attached hydrogens (tertiary/aromatic N) is 1. The average molecular weight is 337 g/mol. The molecule has 1 aromatic carbocycles. The molecule has 0 aliphatic carbocycles. The number of aliphatic hydroxyl groups excluding tert-OH is 1. The highest BCUT2D eigenvalue weighted by Gasteiger charge is 2.07. The van der Waals surface area contributed by atoms with Gasteiger partial charge in [0.2, 0.25) is 0 Å². The number of methoxy groups -OCH3 is 1. The van der Waals surface area contributed by atoms with Crippen LogP contribution in [0, 0.1) is 0 Å². The highest BCUT2D eigenvalue weighted by Crippen LogP contribution is 2.22. The minimum atomic E-state index is -0.539. The number of benzene rings is 1. The Kier molecular flexibility index (Phi) is 5.52. The van der Waals surface area contributed by atoms with E-state index in [2.05, 4.69) is 26.2 Å². The molecule has 0 amide bonds. The van der Waals surface area contributed by atoms with Gasteiger partial charge in [0.05, 0.1) is 13.2 Å². The van der Waals surface area contributed by atoms with Crippen LogP contribution in [0.5, 0.6) is 5.75 Å². The fraction of sp³-hybridized carbons (Fsp3) is 0.267. The van der Waals surface area contributed by atoms with Gasteiger partial charge in [-0.25, -0.2) is 0 Å². The molecule has 0 aliphatic rings. The smallest absolute Gasteiger partial charge is 0.119 e. The van der Waals surface area contributed by atoms with E-state index in [-0.39, 0.29) is 0 Å². The maximum atomic E-state index is 10.0. The van der Waals surface area contributed by atoms with Crippen LogP contribution in [0.2, 0.25) is 0 Å². The molecular weight excluding hydrogens is 320 g/mol. The lowest BCUT2D eigenvalue weighted by Gasteiger charge is -2.13. The topological polar surface area (TPSA) is 54.4 Å². The molecule has 2 rings (SSSR count). The number of ether oxygens (including phenoxy) is 1. The predicted molar refractivity (Wildman–Crippen MR) is 81.6 cm³/mol. The van der Waals surface area contributed by atoms with Crippen LogP contribution in [-0.2, 0) is 6.54 Å². The summed E-state index contributed by atoms with van der Waals surface area (Å²) in [5.41, 5.74) is 1.95. The zero-order valence-corrected chi connectivity index (χ0v) is 12.8. The first-order chi connectivity index (χ1) is 9.70. The molecule has 4 nitrogen and oxygen atoms in total. The molecule has 1 unspecified atom stereocenters. The van der Waals surface area contributed by atoms with E-state index in [1.165, 1.54) is 0 Å². The van der Waals surface area contributed by atoms with Gasteiger partial charge in [-0.3, -0.25) is 4.98 Å². The zero-order chi connectivity index (χ0) is 14.4. The Balaban J connectivity index is 1.90. The van der Waals surface area contributed by atoms with Crippen LogP contribution < -0.4 is 10.1 Å². The van der Waals surface area contributed by atoms with Crippen LogP contribution in [0.1, 0.15) is 17.2 Å². The molecule has 0 bridgehead atoms. The van der Waals surface area contributed by atoms with Gasteiger partial charge < -0.3 is 15.2 Å². The first-order valence-corrected chi connectivity index (χ1v) is 7.11. The van der Waals surface area contributed by atoms with Gasteiger partial charge in [-0.05, 0) is 41.5 Å². The van der Waals surface area contributed by atoms with E-state index in [9.17, 15) is 5.11 Å². The average Bonchev–Trinajstić information content (AvgIpc) is 2.50. The van der Waals surface area contributed by atoms with Gasteiger partial charge in [-0.1, -0.05) is 15.9 Å². The number of hydrogen-bond acceptors (Lipinski definition) is 4. The second-order valence-electron chi connectivity index (χ2n) is 4.38. The predicted octanol–water partition coefficient (Wildman–Crippen LogP) is 2.68. The number of halogens is 1. The number of nitrogens with one attached hydrogen (secondary N) is 1. The van der Waals surface area contributed by atoms with Gasteiger partial charge in [0.25, 0.3) is 0 Å². The van der Waals surface area contributed by atoms with Crippen LogP contribution in [-0.4, -0.2) is 23.7 Å². The molecule has 1 atom stereocenters. The standard InChI is InChI=1S/C15H17BrN2O2/c1-20-13-2-3-14(16)12(8-13)9-18-10-15(19)11-4-6-17-7-5-11/h2-8,15,18-19H,9-10H2,1H3. The maximum Gasteiger partial charge on any atom is 0.119 e. The summed E-state index contributed by atoms with van der Waals surface area (Å²) in [5, 5.41) is 13.3. The van der Waals surface area contributed by atoms with Gasteiger partial charge >= 0.3 is 0 Å². The largest absolute Gasteiger partial charge is 0.497 e. The molecule has 106 valence electrons. The van der Waals surface area contributed by atoms with E-state index < -0.39 is 6.10 Å². The van der Waals surface area contributed by atoms with E-state index >= 15 is 0 Å². The molecule has 2 N–H and O–H groups in total. The van der Waals surface area contributed by atoms with E-state index in [0.717, 1.165) is 21.3 Å². The minimum absolute atomic E-state index is 0.480. The quantitative estimate of drug-likeness (QED) is 0.851. The second-order valence-corrected chi connectivity index (χ2v) is 5.24. The summed E-state index contributed by atoms with van der Waals surface area (Å²) in [4.78, 5) is 3.93. The fourth-order valence-electron chi connectivity index (χ4n) is 1.86. The number of aliphatic hydroxyl groups is 1. The second kappa shape index (κ2) is 7.38. The maximum absolute atomic E-state index is 10.0. The van der Waals surface area contributed by atoms with E-state index in [1.54, 1.807) is 19.5 Å². The molecule has 0 fully saturated rings. The summed E-state index contributed by atoms with van der Waals surface area (Å²) < 4.78 is 6.22. The van der Waals surface area contributed by atoms with Crippen molar-refractivity contribution in [3.05, 3.63) is 58.3 Å². The van der Waals surface area contributed by atoms with Crippen LogP contribution in [0.25, 0.3) is 0 Å². The normalized spacial score (nSPS) is 12.2. The van der Waals surface area contributed by atoms with Gasteiger partial charge in [0.15, 0.2) is 0 Å². The summed E-state index contributed by atoms with van der Waals surface area (Å²) in [5.74, 6) is 0.819. The van der Waals surface area contributed by atoms with Crippen molar-refractivity contribution in [3.63, 3.8) is 0 Å². The lowest BCUT2D eigenvalue weighted by atomic mass is 10.1. The zero-order valence-electron chi connectivity index (χ0n) is 11.2. The number of pyridine rings is 1. The van der Waals surface area contributed by atoms with Crippen molar-refractivity contribution in [2.75, 3.05) is 13.7 Å². The Hall–Kier alpha value is -1.43. The third kappa shape index (κ3) is 4.03. The Morgan fingerprint density at radius 3 is 2.75 bits per heavy atom. The Bertz CT molecular complexity index is 549. The molecular formula is C15H17BrN2O2. The molecule has 2 aromatic rings. The van der Waals surface area contributed by atoms with E-state index in [4.69, 9.17) is 4.74 Å². The van der Waals surface area contributed by atoms with Crippen LogP contribution in [0.3, 0.4) is 0 Å². The minimum Gasteiger partial charge on any atom is -0.497 e. The number of hydrogen-bond donors (Lipinski definition) is 2. The summed E-state index contributed by atoms with van der Waals surface area (Å²) in [7, 11) is 1.65. The van der Waals surface area contributed by atoms with Gasteiger partial charge in [-0.2, -0.15) is 0 Å². The lowest BCUT2D eigenvalue weighted by Crippen LogP contribution is -2.21. The summed E-state index contributed by atoms with van der Waals surface area (Å²) >= 11 is 3.51. The molecule has 0 saturated carbocycles. The summed E-state index contributed by atoms with van der Waals surface area (Å²) in [6.07, 6.45) is 2.82. The highest BCUT2D eigenvalue weighted by molar-refractivity contribution is 9.10.